The maximum Gasteiger partial charge on any atom is 0.410 e. The molecule has 1 rings (SSSR count). The lowest BCUT2D eigenvalue weighted by atomic mass is 10.1. The molecule has 0 aromatic heterocycles. The molecule has 116 valence electrons. The first-order valence-corrected chi connectivity index (χ1v) is 6.58. The van der Waals surface area contributed by atoms with Crippen LogP contribution in [0.4, 0.5) is 9.59 Å². The Kier molecular flexibility index (Phi) is 6.45. The number of hydrogen-bond acceptors (Lipinski definition) is 5. The molecule has 1 heterocycles. The summed E-state index contributed by atoms with van der Waals surface area (Å²) in [6.45, 7) is 9.05. The number of carbonyl (C=O) groups is 3. The van der Waals surface area contributed by atoms with Gasteiger partial charge in [-0.2, -0.15) is 0 Å². The number of amides is 2. The summed E-state index contributed by atoms with van der Waals surface area (Å²) in [6.07, 6.45) is 1.79. The molecular weight excluding hydrogens is 276 g/mol. The highest BCUT2D eigenvalue weighted by Gasteiger charge is 2.36. The lowest BCUT2D eigenvalue weighted by Crippen LogP contribution is -2.59. The molecule has 1 aliphatic rings. The predicted octanol–water partition coefficient (Wildman–Crippen LogP) is 1.21. The standard InChI is InChI=1S/C14H20N2O5/c1-4-8-20-13(18)15-6-7-16(12(10-15)11(3)17)14(19)21-9-5-2/h4-5,12H,1-2,6-10H2,3H3. The lowest BCUT2D eigenvalue weighted by Gasteiger charge is -2.38. The summed E-state index contributed by atoms with van der Waals surface area (Å²) in [7, 11) is 0. The van der Waals surface area contributed by atoms with E-state index in [1.165, 1.54) is 28.9 Å². The van der Waals surface area contributed by atoms with Gasteiger partial charge in [0.1, 0.15) is 19.3 Å². The van der Waals surface area contributed by atoms with Crippen LogP contribution in [0.1, 0.15) is 6.92 Å². The van der Waals surface area contributed by atoms with Crippen LogP contribution in [0.25, 0.3) is 0 Å². The summed E-state index contributed by atoms with van der Waals surface area (Å²) < 4.78 is 9.87. The van der Waals surface area contributed by atoms with Gasteiger partial charge >= 0.3 is 12.2 Å². The van der Waals surface area contributed by atoms with E-state index in [-0.39, 0.29) is 38.6 Å². The number of ether oxygens (including phenoxy) is 2. The minimum atomic E-state index is -0.729. The molecule has 0 aromatic rings. The zero-order chi connectivity index (χ0) is 15.8. The normalized spacial score (nSPS) is 17.9. The van der Waals surface area contributed by atoms with Crippen LogP contribution < -0.4 is 0 Å². The topological polar surface area (TPSA) is 76.2 Å². The van der Waals surface area contributed by atoms with Crippen molar-refractivity contribution in [2.45, 2.75) is 13.0 Å². The molecule has 2 amide bonds. The molecule has 21 heavy (non-hydrogen) atoms. The van der Waals surface area contributed by atoms with Crippen molar-refractivity contribution in [1.82, 2.24) is 9.80 Å². The Balaban J connectivity index is 2.69. The third-order valence-corrected chi connectivity index (χ3v) is 2.99. The quantitative estimate of drug-likeness (QED) is 0.713. The minimum Gasteiger partial charge on any atom is -0.445 e. The van der Waals surface area contributed by atoms with E-state index in [0.717, 1.165) is 0 Å². The first kappa shape index (κ1) is 16.7. The summed E-state index contributed by atoms with van der Waals surface area (Å²) in [5.74, 6) is -0.216. The van der Waals surface area contributed by atoms with Crippen LogP contribution in [-0.2, 0) is 14.3 Å². The third-order valence-electron chi connectivity index (χ3n) is 2.99. The Morgan fingerprint density at radius 3 is 2.19 bits per heavy atom. The van der Waals surface area contributed by atoms with Crippen molar-refractivity contribution in [2.24, 2.45) is 0 Å². The average molecular weight is 296 g/mol. The molecule has 1 atom stereocenters. The van der Waals surface area contributed by atoms with Gasteiger partial charge in [0.25, 0.3) is 0 Å². The zero-order valence-corrected chi connectivity index (χ0v) is 12.1. The Bertz CT molecular complexity index is 435. The van der Waals surface area contributed by atoms with Crippen molar-refractivity contribution in [1.29, 1.82) is 0 Å². The summed E-state index contributed by atoms with van der Waals surface area (Å²) >= 11 is 0. The van der Waals surface area contributed by atoms with Crippen LogP contribution in [0, 0.1) is 0 Å². The van der Waals surface area contributed by atoms with Gasteiger partial charge in [-0.1, -0.05) is 25.3 Å². The maximum atomic E-state index is 11.9. The predicted molar refractivity (Wildman–Crippen MR) is 75.8 cm³/mol. The Hall–Kier alpha value is -2.31. The molecule has 7 nitrogen and oxygen atoms in total. The lowest BCUT2D eigenvalue weighted by molar-refractivity contribution is -0.123. The summed E-state index contributed by atoms with van der Waals surface area (Å²) in [5, 5.41) is 0. The Labute approximate surface area is 123 Å². The Morgan fingerprint density at radius 1 is 1.10 bits per heavy atom. The van der Waals surface area contributed by atoms with Gasteiger partial charge in [-0.15, -0.1) is 0 Å². The second-order valence-electron chi connectivity index (χ2n) is 4.50. The first-order valence-electron chi connectivity index (χ1n) is 6.58. The van der Waals surface area contributed by atoms with Crippen molar-refractivity contribution in [3.63, 3.8) is 0 Å². The largest absolute Gasteiger partial charge is 0.445 e. The second kappa shape index (κ2) is 8.08. The van der Waals surface area contributed by atoms with Crippen molar-refractivity contribution < 1.29 is 23.9 Å². The summed E-state index contributed by atoms with van der Waals surface area (Å²) in [5.41, 5.74) is 0. The molecule has 0 aromatic carbocycles. The maximum absolute atomic E-state index is 11.9. The SMILES string of the molecule is C=CCOC(=O)N1CCN(C(=O)OCC=C)C(C(C)=O)C1. The highest BCUT2D eigenvalue weighted by atomic mass is 16.6. The number of hydrogen-bond donors (Lipinski definition) is 0. The number of ketones is 1. The van der Waals surface area contributed by atoms with Crippen molar-refractivity contribution in [3.05, 3.63) is 25.3 Å². The monoisotopic (exact) mass is 296 g/mol. The molecule has 1 fully saturated rings. The minimum absolute atomic E-state index is 0.0745. The number of nitrogens with zero attached hydrogens (tertiary/aromatic N) is 2. The number of piperazine rings is 1. The van der Waals surface area contributed by atoms with E-state index < -0.39 is 18.2 Å². The highest BCUT2D eigenvalue weighted by Crippen LogP contribution is 2.13. The number of rotatable bonds is 5. The fourth-order valence-corrected chi connectivity index (χ4v) is 1.95. The van der Waals surface area contributed by atoms with Crippen LogP contribution in [-0.4, -0.2) is 66.7 Å². The van der Waals surface area contributed by atoms with E-state index in [0.29, 0.717) is 0 Å². The molecule has 0 N–H and O–H groups in total. The second-order valence-corrected chi connectivity index (χ2v) is 4.50. The molecule has 7 heteroatoms. The molecule has 0 aliphatic carbocycles. The van der Waals surface area contributed by atoms with E-state index >= 15 is 0 Å². The van der Waals surface area contributed by atoms with Crippen molar-refractivity contribution in [3.8, 4) is 0 Å². The fraction of sp³-hybridized carbons (Fsp3) is 0.500. The van der Waals surface area contributed by atoms with Crippen molar-refractivity contribution >= 4 is 18.0 Å². The van der Waals surface area contributed by atoms with Gasteiger partial charge in [-0.05, 0) is 6.92 Å². The number of carbonyl (C=O) groups excluding carboxylic acids is 3. The van der Waals surface area contributed by atoms with E-state index in [2.05, 4.69) is 13.2 Å². The molecule has 0 bridgehead atoms. The fourth-order valence-electron chi connectivity index (χ4n) is 1.95. The van der Waals surface area contributed by atoms with E-state index in [4.69, 9.17) is 9.47 Å². The van der Waals surface area contributed by atoms with Gasteiger partial charge < -0.3 is 14.4 Å². The van der Waals surface area contributed by atoms with Crippen LogP contribution in [0.3, 0.4) is 0 Å². The highest BCUT2D eigenvalue weighted by molar-refractivity contribution is 5.86. The summed E-state index contributed by atoms with van der Waals surface area (Å²) in [6, 6.07) is -0.729. The van der Waals surface area contributed by atoms with Gasteiger partial charge in [0, 0.05) is 13.1 Å². The molecule has 1 unspecified atom stereocenters. The zero-order valence-electron chi connectivity index (χ0n) is 12.1. The molecule has 0 saturated carbocycles. The molecule has 1 saturated heterocycles. The van der Waals surface area contributed by atoms with Crippen molar-refractivity contribution in [2.75, 3.05) is 32.8 Å². The van der Waals surface area contributed by atoms with E-state index in [1.807, 2.05) is 0 Å². The number of Topliss-reactive ketones (excluding diaryl/α,β-unsaturated/α-hetero) is 1. The molecular formula is C14H20N2O5. The average Bonchev–Trinajstić information content (AvgIpc) is 2.49. The molecule has 1 aliphatic heterocycles. The van der Waals surface area contributed by atoms with Gasteiger partial charge in [-0.3, -0.25) is 9.69 Å². The molecule has 0 spiro atoms. The van der Waals surface area contributed by atoms with Gasteiger partial charge in [0.05, 0.1) is 6.54 Å². The van der Waals surface area contributed by atoms with Crippen LogP contribution in [0.2, 0.25) is 0 Å². The van der Waals surface area contributed by atoms with Crippen LogP contribution >= 0.6 is 0 Å². The van der Waals surface area contributed by atoms with E-state index in [9.17, 15) is 14.4 Å². The molecule has 0 radical (unpaired) electrons. The van der Waals surface area contributed by atoms with Crippen LogP contribution in [0.5, 0.6) is 0 Å². The van der Waals surface area contributed by atoms with Gasteiger partial charge in [-0.25, -0.2) is 9.59 Å². The first-order chi connectivity index (χ1) is 10.0. The van der Waals surface area contributed by atoms with Gasteiger partial charge in [0.2, 0.25) is 0 Å². The Morgan fingerprint density at radius 2 is 1.67 bits per heavy atom. The summed E-state index contributed by atoms with van der Waals surface area (Å²) in [4.78, 5) is 38.1. The van der Waals surface area contributed by atoms with E-state index in [1.54, 1.807) is 0 Å². The third kappa shape index (κ3) is 4.62. The van der Waals surface area contributed by atoms with Crippen LogP contribution in [0.15, 0.2) is 25.3 Å². The van der Waals surface area contributed by atoms with Gasteiger partial charge in [0.15, 0.2) is 5.78 Å². The smallest absolute Gasteiger partial charge is 0.410 e.